The number of fused-ring (bicyclic) bond motifs is 1. The van der Waals surface area contributed by atoms with E-state index in [9.17, 15) is 9.59 Å². The number of carbonyl (C=O) groups is 2. The van der Waals surface area contributed by atoms with Crippen molar-refractivity contribution in [2.24, 2.45) is 0 Å². The van der Waals surface area contributed by atoms with Crippen molar-refractivity contribution in [2.45, 2.75) is 13.8 Å². The fourth-order valence-corrected chi connectivity index (χ4v) is 3.57. The van der Waals surface area contributed by atoms with Gasteiger partial charge in [0, 0.05) is 16.6 Å². The number of carbonyl (C=O) groups excluding carboxylic acids is 2. The second-order valence-corrected chi connectivity index (χ2v) is 7.44. The van der Waals surface area contributed by atoms with Gasteiger partial charge in [-0.3, -0.25) is 9.59 Å². The highest BCUT2D eigenvalue weighted by atomic mass is 16.2. The van der Waals surface area contributed by atoms with E-state index in [1.807, 2.05) is 86.6 Å². The van der Waals surface area contributed by atoms with Crippen molar-refractivity contribution >= 4 is 28.4 Å². The minimum Gasteiger partial charge on any atom is -0.343 e. The van der Waals surface area contributed by atoms with Crippen molar-refractivity contribution in [1.29, 1.82) is 0 Å². The van der Waals surface area contributed by atoms with Gasteiger partial charge >= 0.3 is 0 Å². The molecule has 0 radical (unpaired) electrons. The molecule has 4 aromatic rings. The van der Waals surface area contributed by atoms with Crippen LogP contribution in [0, 0.1) is 13.8 Å². The number of aromatic nitrogens is 1. The summed E-state index contributed by atoms with van der Waals surface area (Å²) in [6.45, 7) is 3.76. The smallest absolute Gasteiger partial charge is 0.252 e. The third kappa shape index (κ3) is 4.46. The minimum atomic E-state index is -0.313. The van der Waals surface area contributed by atoms with Gasteiger partial charge in [0.2, 0.25) is 5.91 Å². The maximum atomic E-state index is 13.0. The maximum Gasteiger partial charge on any atom is 0.252 e. The Kier molecular flexibility index (Phi) is 5.76. The van der Waals surface area contributed by atoms with Crippen molar-refractivity contribution in [3.63, 3.8) is 0 Å². The number of nitrogens with one attached hydrogen (secondary N) is 2. The number of aryl methyl sites for hydroxylation is 2. The molecule has 0 fully saturated rings. The Hall–Kier alpha value is -3.99. The van der Waals surface area contributed by atoms with Gasteiger partial charge in [0.15, 0.2) is 0 Å². The molecule has 5 heteroatoms. The zero-order valence-electron chi connectivity index (χ0n) is 17.5. The fraction of sp³-hybridized carbons (Fsp3) is 0.115. The zero-order chi connectivity index (χ0) is 21.8. The molecule has 0 atom stereocenters. The predicted molar refractivity (Wildman–Crippen MR) is 124 cm³/mol. The lowest BCUT2D eigenvalue weighted by Crippen LogP contribution is -2.33. The molecule has 0 aliphatic heterocycles. The van der Waals surface area contributed by atoms with E-state index in [0.29, 0.717) is 11.3 Å². The Morgan fingerprint density at radius 1 is 0.839 bits per heavy atom. The molecule has 0 spiro atoms. The molecule has 154 valence electrons. The predicted octanol–water partition coefficient (Wildman–Crippen LogP) is 4.89. The molecule has 31 heavy (non-hydrogen) atoms. The summed E-state index contributed by atoms with van der Waals surface area (Å²) in [7, 11) is 0. The summed E-state index contributed by atoms with van der Waals surface area (Å²) >= 11 is 0. The van der Waals surface area contributed by atoms with E-state index in [0.717, 1.165) is 33.3 Å². The van der Waals surface area contributed by atoms with Crippen LogP contribution in [0.2, 0.25) is 0 Å². The lowest BCUT2D eigenvalue weighted by Gasteiger charge is -2.13. The Morgan fingerprint density at radius 2 is 1.52 bits per heavy atom. The van der Waals surface area contributed by atoms with Gasteiger partial charge in [0.05, 0.1) is 23.3 Å². The summed E-state index contributed by atoms with van der Waals surface area (Å²) in [4.78, 5) is 30.2. The van der Waals surface area contributed by atoms with E-state index in [1.54, 1.807) is 6.07 Å². The van der Waals surface area contributed by atoms with Crippen molar-refractivity contribution in [2.75, 3.05) is 11.9 Å². The molecular weight excluding hydrogens is 386 g/mol. The normalized spacial score (nSPS) is 10.6. The van der Waals surface area contributed by atoms with Gasteiger partial charge in [-0.25, -0.2) is 4.98 Å². The second kappa shape index (κ2) is 8.79. The van der Waals surface area contributed by atoms with Crippen LogP contribution in [-0.2, 0) is 4.79 Å². The van der Waals surface area contributed by atoms with Crippen LogP contribution in [0.1, 0.15) is 21.5 Å². The van der Waals surface area contributed by atoms with Crippen LogP contribution in [0.25, 0.3) is 22.2 Å². The van der Waals surface area contributed by atoms with Crippen LogP contribution in [-0.4, -0.2) is 23.3 Å². The number of nitrogens with zero attached hydrogens (tertiary/aromatic N) is 1. The monoisotopic (exact) mass is 409 g/mol. The largest absolute Gasteiger partial charge is 0.343 e. The van der Waals surface area contributed by atoms with E-state index in [1.165, 1.54) is 0 Å². The van der Waals surface area contributed by atoms with E-state index in [4.69, 9.17) is 4.98 Å². The molecule has 3 aromatic carbocycles. The van der Waals surface area contributed by atoms with E-state index >= 15 is 0 Å². The quantitative estimate of drug-likeness (QED) is 0.493. The molecular formula is C26H23N3O2. The lowest BCUT2D eigenvalue weighted by molar-refractivity contribution is -0.115. The number of para-hydroxylation sites is 2. The minimum absolute atomic E-state index is 0.121. The Labute approximate surface area is 181 Å². The summed E-state index contributed by atoms with van der Waals surface area (Å²) < 4.78 is 0. The van der Waals surface area contributed by atoms with Gasteiger partial charge in [-0.05, 0) is 37.1 Å². The van der Waals surface area contributed by atoms with Gasteiger partial charge in [-0.1, -0.05) is 66.7 Å². The highest BCUT2D eigenvalue weighted by molar-refractivity contribution is 6.08. The first-order chi connectivity index (χ1) is 15.0. The lowest BCUT2D eigenvalue weighted by atomic mass is 10.0. The summed E-state index contributed by atoms with van der Waals surface area (Å²) in [5, 5.41) is 6.39. The SMILES string of the molecule is Cc1cccc(C)c1NC(=O)CNC(=O)c1cc(-c2ccccc2)nc2ccccc12. The summed E-state index contributed by atoms with van der Waals surface area (Å²) in [6, 6.07) is 24.8. The second-order valence-electron chi connectivity index (χ2n) is 7.44. The Balaban J connectivity index is 1.57. The summed E-state index contributed by atoms with van der Waals surface area (Å²) in [6.07, 6.45) is 0. The van der Waals surface area contributed by atoms with Crippen LogP contribution in [0.5, 0.6) is 0 Å². The van der Waals surface area contributed by atoms with Crippen molar-refractivity contribution in [1.82, 2.24) is 10.3 Å². The van der Waals surface area contributed by atoms with E-state index in [-0.39, 0.29) is 18.4 Å². The molecule has 0 aliphatic rings. The fourth-order valence-electron chi connectivity index (χ4n) is 3.57. The van der Waals surface area contributed by atoms with Crippen LogP contribution in [0.15, 0.2) is 78.9 Å². The van der Waals surface area contributed by atoms with E-state index < -0.39 is 0 Å². The summed E-state index contributed by atoms with van der Waals surface area (Å²) in [5.74, 6) is -0.583. The van der Waals surface area contributed by atoms with Crippen molar-refractivity contribution < 1.29 is 9.59 Å². The third-order valence-corrected chi connectivity index (χ3v) is 5.19. The van der Waals surface area contributed by atoms with E-state index in [2.05, 4.69) is 10.6 Å². The average molecular weight is 409 g/mol. The molecule has 0 unspecified atom stereocenters. The van der Waals surface area contributed by atoms with Gasteiger partial charge in [-0.2, -0.15) is 0 Å². The Bertz CT molecular complexity index is 1250. The first kappa shape index (κ1) is 20.3. The first-order valence-corrected chi connectivity index (χ1v) is 10.1. The number of hydrogen-bond donors (Lipinski definition) is 2. The highest BCUT2D eigenvalue weighted by Gasteiger charge is 2.15. The van der Waals surface area contributed by atoms with Gasteiger partial charge in [0.1, 0.15) is 0 Å². The van der Waals surface area contributed by atoms with Crippen LogP contribution >= 0.6 is 0 Å². The average Bonchev–Trinajstić information content (AvgIpc) is 2.80. The zero-order valence-corrected chi connectivity index (χ0v) is 17.5. The third-order valence-electron chi connectivity index (χ3n) is 5.19. The van der Waals surface area contributed by atoms with Crippen LogP contribution < -0.4 is 10.6 Å². The Morgan fingerprint density at radius 3 is 2.26 bits per heavy atom. The molecule has 2 N–H and O–H groups in total. The van der Waals surface area contributed by atoms with Gasteiger partial charge < -0.3 is 10.6 Å². The number of amides is 2. The molecule has 0 aliphatic carbocycles. The molecule has 2 amide bonds. The number of anilines is 1. The van der Waals surface area contributed by atoms with Crippen molar-refractivity contribution in [3.05, 3.63) is 95.6 Å². The number of rotatable bonds is 5. The van der Waals surface area contributed by atoms with Crippen LogP contribution in [0.3, 0.4) is 0 Å². The number of hydrogen-bond acceptors (Lipinski definition) is 3. The molecule has 1 heterocycles. The number of benzene rings is 3. The molecule has 0 bridgehead atoms. The maximum absolute atomic E-state index is 13.0. The molecule has 0 saturated carbocycles. The summed E-state index contributed by atoms with van der Waals surface area (Å²) in [5.41, 5.74) is 5.60. The standard InChI is InChI=1S/C26H23N3O2/c1-17-9-8-10-18(2)25(17)29-24(30)16-27-26(31)21-15-23(19-11-4-3-5-12-19)28-22-14-7-6-13-20(21)22/h3-15H,16H2,1-2H3,(H,27,31)(H,29,30). The molecule has 1 aromatic heterocycles. The topological polar surface area (TPSA) is 71.1 Å². The molecule has 5 nitrogen and oxygen atoms in total. The van der Waals surface area contributed by atoms with Gasteiger partial charge in [0.25, 0.3) is 5.91 Å². The van der Waals surface area contributed by atoms with Crippen LogP contribution in [0.4, 0.5) is 5.69 Å². The molecule has 0 saturated heterocycles. The highest BCUT2D eigenvalue weighted by Crippen LogP contribution is 2.25. The number of pyridine rings is 1. The molecule has 4 rings (SSSR count). The van der Waals surface area contributed by atoms with Crippen molar-refractivity contribution in [3.8, 4) is 11.3 Å². The van der Waals surface area contributed by atoms with Gasteiger partial charge in [-0.15, -0.1) is 0 Å². The first-order valence-electron chi connectivity index (χ1n) is 10.1.